The molecule has 4 heteroatoms. The number of benzene rings is 3. The molecule has 4 N–H and O–H groups in total. The number of quaternary nitrogens is 1. The Balaban J connectivity index is 0.00000280. The van der Waals surface area contributed by atoms with Gasteiger partial charge in [0.2, 0.25) is 0 Å². The third kappa shape index (κ3) is 5.21. The lowest BCUT2D eigenvalue weighted by atomic mass is 9.83. The highest BCUT2D eigenvalue weighted by atomic mass is 35.5. The second-order valence-corrected chi connectivity index (χ2v) is 7.08. The first-order valence-corrected chi connectivity index (χ1v) is 9.51. The molecule has 0 saturated carbocycles. The van der Waals surface area contributed by atoms with Crippen LogP contribution in [0.2, 0.25) is 0 Å². The topological polar surface area (TPSA) is 57.1 Å². The smallest absolute Gasteiger partial charge is 0.130 e. The average molecular weight is 398 g/mol. The van der Waals surface area contributed by atoms with Crippen molar-refractivity contribution in [3.63, 3.8) is 0 Å². The minimum atomic E-state index is -1.05. The summed E-state index contributed by atoms with van der Waals surface area (Å²) in [5.74, 6) is 0. The van der Waals surface area contributed by atoms with Gasteiger partial charge in [-0.1, -0.05) is 91.0 Å². The fraction of sp³-hybridized carbons (Fsp3) is 0.250. The van der Waals surface area contributed by atoms with Crippen molar-refractivity contribution in [1.82, 2.24) is 0 Å². The Bertz CT molecular complexity index is 772. The molecule has 3 rings (SSSR count). The van der Waals surface area contributed by atoms with E-state index in [1.165, 1.54) is 0 Å². The van der Waals surface area contributed by atoms with Gasteiger partial charge in [-0.25, -0.2) is 0 Å². The Labute approximate surface area is 173 Å². The Kier molecular flexibility index (Phi) is 8.21. The quantitative estimate of drug-likeness (QED) is 0.501. The van der Waals surface area contributed by atoms with E-state index in [1.54, 1.807) is 0 Å². The first-order chi connectivity index (χ1) is 13.1. The maximum absolute atomic E-state index is 11.5. The predicted molar refractivity (Wildman–Crippen MR) is 108 cm³/mol. The molecule has 3 aromatic carbocycles. The van der Waals surface area contributed by atoms with Gasteiger partial charge in [-0.3, -0.25) is 0 Å². The molecule has 2 unspecified atom stereocenters. The second-order valence-electron chi connectivity index (χ2n) is 7.08. The molecule has 0 aliphatic carbocycles. The lowest BCUT2D eigenvalue weighted by Gasteiger charge is -2.29. The molecule has 2 atom stereocenters. The summed E-state index contributed by atoms with van der Waals surface area (Å²) in [5, 5.41) is 24.2. The van der Waals surface area contributed by atoms with Gasteiger partial charge in [0.1, 0.15) is 17.7 Å². The van der Waals surface area contributed by atoms with Crippen molar-refractivity contribution >= 4 is 0 Å². The fourth-order valence-corrected chi connectivity index (χ4v) is 3.52. The summed E-state index contributed by atoms with van der Waals surface area (Å²) >= 11 is 0. The number of rotatable bonds is 8. The molecule has 0 fully saturated rings. The Morgan fingerprint density at radius 3 is 1.68 bits per heavy atom. The number of hydrogen-bond acceptors (Lipinski definition) is 2. The van der Waals surface area contributed by atoms with Gasteiger partial charge in [-0.2, -0.15) is 0 Å². The van der Waals surface area contributed by atoms with Crippen molar-refractivity contribution in [3.05, 3.63) is 108 Å². The second kappa shape index (κ2) is 10.4. The molecule has 3 nitrogen and oxygen atoms in total. The van der Waals surface area contributed by atoms with Crippen LogP contribution in [0.25, 0.3) is 0 Å². The van der Waals surface area contributed by atoms with Crippen LogP contribution in [0.5, 0.6) is 0 Å². The minimum Gasteiger partial charge on any atom is -1.00 e. The summed E-state index contributed by atoms with van der Waals surface area (Å²) in [5.41, 5.74) is 1.65. The molecule has 0 radical (unpaired) electrons. The molecule has 0 amide bonds. The lowest BCUT2D eigenvalue weighted by molar-refractivity contribution is -0.696. The van der Waals surface area contributed by atoms with Gasteiger partial charge in [0.05, 0.1) is 6.54 Å². The Morgan fingerprint density at radius 1 is 0.786 bits per heavy atom. The third-order valence-electron chi connectivity index (χ3n) is 5.19. The highest BCUT2D eigenvalue weighted by Crippen LogP contribution is 2.32. The summed E-state index contributed by atoms with van der Waals surface area (Å²) in [6, 6.07) is 29.3. The number of aliphatic hydroxyl groups is 2. The van der Waals surface area contributed by atoms with Crippen LogP contribution in [-0.2, 0) is 5.60 Å². The summed E-state index contributed by atoms with van der Waals surface area (Å²) < 4.78 is 0. The number of aliphatic hydroxyl groups excluding tert-OH is 1. The molecule has 0 aliphatic rings. The molecule has 0 aliphatic heterocycles. The molecule has 0 saturated heterocycles. The van der Waals surface area contributed by atoms with E-state index in [1.807, 2.05) is 97.9 Å². The van der Waals surface area contributed by atoms with Crippen LogP contribution in [0.1, 0.15) is 36.1 Å². The number of halogens is 1. The van der Waals surface area contributed by atoms with Crippen LogP contribution in [-0.4, -0.2) is 22.8 Å². The first kappa shape index (κ1) is 22.1. The van der Waals surface area contributed by atoms with Gasteiger partial charge >= 0.3 is 0 Å². The summed E-state index contributed by atoms with van der Waals surface area (Å²) in [6.07, 6.45) is 0.0279. The normalized spacial score (nSPS) is 13.4. The highest BCUT2D eigenvalue weighted by Gasteiger charge is 2.32. The van der Waals surface area contributed by atoms with E-state index in [9.17, 15) is 10.2 Å². The van der Waals surface area contributed by atoms with Gasteiger partial charge in [-0.05, 0) is 23.6 Å². The minimum absolute atomic E-state index is 0. The SMILES string of the molecule is CC([NH2+]CCC(O)(c1ccccc1)c1ccccc1)C(O)c1ccccc1.[Cl-]. The molecule has 148 valence electrons. The third-order valence-corrected chi connectivity index (χ3v) is 5.19. The van der Waals surface area contributed by atoms with Crippen LogP contribution in [0.3, 0.4) is 0 Å². The summed E-state index contributed by atoms with van der Waals surface area (Å²) in [7, 11) is 0. The van der Waals surface area contributed by atoms with Crippen molar-refractivity contribution < 1.29 is 27.9 Å². The Hall–Kier alpha value is -2.17. The predicted octanol–water partition coefficient (Wildman–Crippen LogP) is 0.00210. The zero-order valence-corrected chi connectivity index (χ0v) is 16.8. The molecular formula is C24H28ClNO2. The van der Waals surface area contributed by atoms with Crippen molar-refractivity contribution in [3.8, 4) is 0 Å². The summed E-state index contributed by atoms with van der Waals surface area (Å²) in [4.78, 5) is 0. The van der Waals surface area contributed by atoms with Gasteiger partial charge in [-0.15, -0.1) is 0 Å². The van der Waals surface area contributed by atoms with Crippen LogP contribution < -0.4 is 17.7 Å². The molecule has 28 heavy (non-hydrogen) atoms. The maximum Gasteiger partial charge on any atom is 0.130 e. The molecule has 0 bridgehead atoms. The number of hydrogen-bond donors (Lipinski definition) is 3. The van der Waals surface area contributed by atoms with Crippen molar-refractivity contribution in [2.45, 2.75) is 31.1 Å². The fourth-order valence-electron chi connectivity index (χ4n) is 3.52. The molecule has 0 spiro atoms. The van der Waals surface area contributed by atoms with E-state index in [2.05, 4.69) is 5.32 Å². The van der Waals surface area contributed by atoms with Gasteiger partial charge in [0.15, 0.2) is 0 Å². The molecule has 0 aromatic heterocycles. The summed E-state index contributed by atoms with van der Waals surface area (Å²) in [6.45, 7) is 2.72. The maximum atomic E-state index is 11.5. The van der Waals surface area contributed by atoms with Crippen LogP contribution in [0.4, 0.5) is 0 Å². The van der Waals surface area contributed by atoms with E-state index in [0.29, 0.717) is 13.0 Å². The van der Waals surface area contributed by atoms with Crippen molar-refractivity contribution in [1.29, 1.82) is 0 Å². The van der Waals surface area contributed by atoms with E-state index >= 15 is 0 Å². The van der Waals surface area contributed by atoms with E-state index < -0.39 is 11.7 Å². The molecule has 0 heterocycles. The largest absolute Gasteiger partial charge is 1.00 e. The Morgan fingerprint density at radius 2 is 1.21 bits per heavy atom. The highest BCUT2D eigenvalue weighted by molar-refractivity contribution is 5.35. The monoisotopic (exact) mass is 397 g/mol. The average Bonchev–Trinajstić information content (AvgIpc) is 2.75. The molecule has 3 aromatic rings. The van der Waals surface area contributed by atoms with Crippen LogP contribution in [0.15, 0.2) is 91.0 Å². The van der Waals surface area contributed by atoms with Crippen molar-refractivity contribution in [2.75, 3.05) is 6.54 Å². The zero-order valence-electron chi connectivity index (χ0n) is 16.1. The van der Waals surface area contributed by atoms with E-state index in [0.717, 1.165) is 16.7 Å². The standard InChI is InChI=1S/C24H27NO2.ClH/c1-19(23(26)20-11-5-2-6-12-20)25-18-17-24(27,21-13-7-3-8-14-21)22-15-9-4-10-16-22;/h2-16,19,23,25-27H,17-18H2,1H3;1H. The first-order valence-electron chi connectivity index (χ1n) is 9.51. The zero-order chi connectivity index (χ0) is 19.1. The lowest BCUT2D eigenvalue weighted by Crippen LogP contribution is -3.00. The van der Waals surface area contributed by atoms with E-state index in [-0.39, 0.29) is 18.4 Å². The molecular weight excluding hydrogens is 370 g/mol. The van der Waals surface area contributed by atoms with Gasteiger partial charge in [0.25, 0.3) is 0 Å². The van der Waals surface area contributed by atoms with Crippen LogP contribution in [0, 0.1) is 0 Å². The van der Waals surface area contributed by atoms with Crippen molar-refractivity contribution in [2.24, 2.45) is 0 Å². The van der Waals surface area contributed by atoms with Crippen LogP contribution >= 0.6 is 0 Å². The number of nitrogens with two attached hydrogens (primary N) is 1. The van der Waals surface area contributed by atoms with Gasteiger partial charge in [0, 0.05) is 6.42 Å². The van der Waals surface area contributed by atoms with E-state index in [4.69, 9.17) is 0 Å². The van der Waals surface area contributed by atoms with Gasteiger partial charge < -0.3 is 27.9 Å².